The number of nitrogens with one attached hydrogen (secondary N) is 1. The molecule has 3 rings (SSSR count). The number of amides is 1. The first-order valence-corrected chi connectivity index (χ1v) is 8.74. The van der Waals surface area contributed by atoms with Crippen LogP contribution in [0.25, 0.3) is 0 Å². The molecule has 0 radical (unpaired) electrons. The summed E-state index contributed by atoms with van der Waals surface area (Å²) in [6.07, 6.45) is 6.07. The van der Waals surface area contributed by atoms with Gasteiger partial charge in [-0.25, -0.2) is 4.68 Å². The number of hydrogen-bond donors (Lipinski definition) is 1. The van der Waals surface area contributed by atoms with E-state index in [4.69, 9.17) is 27.9 Å². The van der Waals surface area contributed by atoms with Gasteiger partial charge in [-0.3, -0.25) is 9.48 Å². The molecule has 0 bridgehead atoms. The summed E-state index contributed by atoms with van der Waals surface area (Å²) >= 11 is 11.9. The van der Waals surface area contributed by atoms with Crippen LogP contribution in [0.3, 0.4) is 0 Å². The van der Waals surface area contributed by atoms with Gasteiger partial charge >= 0.3 is 0 Å². The van der Waals surface area contributed by atoms with E-state index in [0.717, 1.165) is 13.0 Å². The number of carbonyl (C=O) groups excluding carboxylic acids is 1. The van der Waals surface area contributed by atoms with Crippen LogP contribution < -0.4 is 10.1 Å². The number of halogens is 2. The Labute approximate surface area is 160 Å². The Kier molecular flexibility index (Phi) is 6.14. The van der Waals surface area contributed by atoms with Crippen LogP contribution in [0.15, 0.2) is 48.9 Å². The van der Waals surface area contributed by atoms with E-state index in [2.05, 4.69) is 15.5 Å². The van der Waals surface area contributed by atoms with Crippen LogP contribution in [0.2, 0.25) is 10.0 Å². The summed E-state index contributed by atoms with van der Waals surface area (Å²) in [6, 6.07) is 8.47. The topological polar surface area (TPSA) is 74.0 Å². The highest BCUT2D eigenvalue weighted by molar-refractivity contribution is 6.35. The molecule has 0 aliphatic rings. The van der Waals surface area contributed by atoms with Crippen LogP contribution in [0.4, 0.5) is 0 Å². The Morgan fingerprint density at radius 1 is 1.19 bits per heavy atom. The molecule has 0 fully saturated rings. The summed E-state index contributed by atoms with van der Waals surface area (Å²) in [7, 11) is 0. The molecule has 3 aromatic rings. The van der Waals surface area contributed by atoms with Crippen molar-refractivity contribution >= 4 is 29.1 Å². The van der Waals surface area contributed by atoms with Crippen LogP contribution in [0.5, 0.6) is 5.75 Å². The Bertz CT molecular complexity index is 864. The summed E-state index contributed by atoms with van der Waals surface area (Å²) in [6.45, 7) is 1.42. The van der Waals surface area contributed by atoms with Gasteiger partial charge in [0, 0.05) is 36.7 Å². The van der Waals surface area contributed by atoms with Gasteiger partial charge in [-0.15, -0.1) is 0 Å². The summed E-state index contributed by atoms with van der Waals surface area (Å²) < 4.78 is 8.92. The lowest BCUT2D eigenvalue weighted by atomic mass is 10.3. The lowest BCUT2D eigenvalue weighted by Gasteiger charge is -2.08. The lowest BCUT2D eigenvalue weighted by Crippen LogP contribution is -2.26. The number of nitrogens with zero attached hydrogens (tertiary/aromatic N) is 4. The quantitative estimate of drug-likeness (QED) is 0.596. The van der Waals surface area contributed by atoms with Gasteiger partial charge in [-0.1, -0.05) is 23.2 Å². The van der Waals surface area contributed by atoms with E-state index in [1.165, 1.54) is 4.68 Å². The molecule has 0 unspecified atom stereocenters. The number of hydrogen-bond acceptors (Lipinski definition) is 4. The molecule has 9 heteroatoms. The molecule has 0 saturated carbocycles. The van der Waals surface area contributed by atoms with E-state index in [0.29, 0.717) is 28.0 Å². The first-order valence-electron chi connectivity index (χ1n) is 7.99. The predicted molar refractivity (Wildman–Crippen MR) is 98.5 cm³/mol. The second kappa shape index (κ2) is 8.73. The molecule has 1 N–H and O–H groups in total. The minimum atomic E-state index is -0.228. The summed E-state index contributed by atoms with van der Waals surface area (Å²) in [5, 5.41) is 12.1. The molecular formula is C17H17Cl2N5O2. The molecule has 1 aromatic carbocycles. The smallest absolute Gasteiger partial charge is 0.271 e. The van der Waals surface area contributed by atoms with Gasteiger partial charge < -0.3 is 10.1 Å². The number of rotatable bonds is 8. The van der Waals surface area contributed by atoms with Crippen molar-refractivity contribution in [2.75, 3.05) is 6.54 Å². The first kappa shape index (κ1) is 18.3. The van der Waals surface area contributed by atoms with Crippen LogP contribution in [0.1, 0.15) is 16.9 Å². The van der Waals surface area contributed by atoms with Crippen molar-refractivity contribution in [1.82, 2.24) is 24.9 Å². The third kappa shape index (κ3) is 5.00. The molecule has 1 amide bonds. The highest BCUT2D eigenvalue weighted by Gasteiger charge is 2.09. The fourth-order valence-electron chi connectivity index (χ4n) is 2.25. The minimum Gasteiger partial charge on any atom is -0.470 e. The van der Waals surface area contributed by atoms with Crippen molar-refractivity contribution in [2.24, 2.45) is 0 Å². The molecule has 2 aromatic heterocycles. The highest BCUT2D eigenvalue weighted by Crippen LogP contribution is 2.27. The Morgan fingerprint density at radius 3 is 2.85 bits per heavy atom. The minimum absolute atomic E-state index is 0.133. The third-order valence-corrected chi connectivity index (χ3v) is 4.06. The fourth-order valence-corrected chi connectivity index (χ4v) is 2.71. The first-order chi connectivity index (χ1) is 12.6. The van der Waals surface area contributed by atoms with Crippen molar-refractivity contribution in [3.8, 4) is 5.75 Å². The molecule has 0 spiro atoms. The van der Waals surface area contributed by atoms with E-state index in [9.17, 15) is 4.79 Å². The van der Waals surface area contributed by atoms with E-state index in [1.807, 2.05) is 16.9 Å². The molecular weight excluding hydrogens is 377 g/mol. The number of aromatic nitrogens is 4. The van der Waals surface area contributed by atoms with Gasteiger partial charge in [0.25, 0.3) is 5.91 Å². The number of carbonyl (C=O) groups is 1. The average molecular weight is 394 g/mol. The normalized spacial score (nSPS) is 10.7. The van der Waals surface area contributed by atoms with Gasteiger partial charge in [0.2, 0.25) is 0 Å². The summed E-state index contributed by atoms with van der Waals surface area (Å²) in [5.74, 6) is 0.268. The van der Waals surface area contributed by atoms with Gasteiger partial charge in [-0.2, -0.15) is 10.2 Å². The van der Waals surface area contributed by atoms with Crippen LogP contribution in [-0.4, -0.2) is 32.0 Å². The van der Waals surface area contributed by atoms with E-state index >= 15 is 0 Å². The fraction of sp³-hybridized carbons (Fsp3) is 0.235. The molecule has 7 nitrogen and oxygen atoms in total. The van der Waals surface area contributed by atoms with E-state index < -0.39 is 0 Å². The van der Waals surface area contributed by atoms with E-state index in [-0.39, 0.29) is 12.6 Å². The SMILES string of the molecule is O=C(NCCCn1cccn1)c1ccn(COc2ccc(Cl)cc2Cl)n1. The lowest BCUT2D eigenvalue weighted by molar-refractivity contribution is 0.0945. The zero-order valence-corrected chi connectivity index (χ0v) is 15.3. The Hall–Kier alpha value is -2.51. The maximum absolute atomic E-state index is 12.1. The van der Waals surface area contributed by atoms with Gasteiger partial charge in [-0.05, 0) is 36.8 Å². The second-order valence-electron chi connectivity index (χ2n) is 5.47. The molecule has 0 saturated heterocycles. The van der Waals surface area contributed by atoms with E-state index in [1.54, 1.807) is 36.7 Å². The van der Waals surface area contributed by atoms with Crippen molar-refractivity contribution in [1.29, 1.82) is 0 Å². The maximum atomic E-state index is 12.1. The van der Waals surface area contributed by atoms with Crippen molar-refractivity contribution in [3.63, 3.8) is 0 Å². The molecule has 2 heterocycles. The third-order valence-electron chi connectivity index (χ3n) is 3.53. The standard InChI is InChI=1S/C17H17Cl2N5O2/c18-13-3-4-16(14(19)11-13)26-12-24-10-5-15(22-24)17(25)20-6-1-8-23-9-2-7-21-23/h2-5,7,9-11H,1,6,8,12H2,(H,20,25). The molecule has 0 aliphatic carbocycles. The van der Waals surface area contributed by atoms with Crippen LogP contribution >= 0.6 is 23.2 Å². The Balaban J connectivity index is 1.45. The maximum Gasteiger partial charge on any atom is 0.271 e. The summed E-state index contributed by atoms with van der Waals surface area (Å²) in [5.41, 5.74) is 0.329. The molecule has 136 valence electrons. The molecule has 0 aliphatic heterocycles. The van der Waals surface area contributed by atoms with Gasteiger partial charge in [0.1, 0.15) is 11.4 Å². The zero-order chi connectivity index (χ0) is 18.4. The van der Waals surface area contributed by atoms with Crippen LogP contribution in [0, 0.1) is 0 Å². The number of benzene rings is 1. The van der Waals surface area contributed by atoms with Gasteiger partial charge in [0.15, 0.2) is 6.73 Å². The monoisotopic (exact) mass is 393 g/mol. The largest absolute Gasteiger partial charge is 0.470 e. The summed E-state index contributed by atoms with van der Waals surface area (Å²) in [4.78, 5) is 12.1. The molecule has 26 heavy (non-hydrogen) atoms. The molecule has 0 atom stereocenters. The second-order valence-corrected chi connectivity index (χ2v) is 6.31. The van der Waals surface area contributed by atoms with Crippen LogP contribution in [-0.2, 0) is 13.3 Å². The highest BCUT2D eigenvalue weighted by atomic mass is 35.5. The van der Waals surface area contributed by atoms with Crippen molar-refractivity contribution < 1.29 is 9.53 Å². The Morgan fingerprint density at radius 2 is 2.08 bits per heavy atom. The van der Waals surface area contributed by atoms with Gasteiger partial charge in [0.05, 0.1) is 5.02 Å². The van der Waals surface area contributed by atoms with Crippen molar-refractivity contribution in [3.05, 3.63) is 64.7 Å². The van der Waals surface area contributed by atoms with Crippen molar-refractivity contribution in [2.45, 2.75) is 19.7 Å². The predicted octanol–water partition coefficient (Wildman–Crippen LogP) is 3.24. The average Bonchev–Trinajstić information content (AvgIpc) is 3.29. The number of aryl methyl sites for hydroxylation is 1. The zero-order valence-electron chi connectivity index (χ0n) is 13.8. The number of ether oxygens (including phenoxy) is 1.